The summed E-state index contributed by atoms with van der Waals surface area (Å²) >= 11 is 0. The van der Waals surface area contributed by atoms with E-state index in [-0.39, 0.29) is 5.92 Å². The first-order valence-corrected chi connectivity index (χ1v) is 7.99. The Hall–Kier alpha value is -2.00. The number of carbonyl (C=O) groups is 1. The number of aromatic nitrogens is 1. The Bertz CT molecular complexity index is 589. The molecular formula is C19H22N2O. The molecular weight excluding hydrogens is 272 g/mol. The van der Waals surface area contributed by atoms with Gasteiger partial charge in [0, 0.05) is 31.3 Å². The van der Waals surface area contributed by atoms with E-state index in [1.807, 2.05) is 18.2 Å². The summed E-state index contributed by atoms with van der Waals surface area (Å²) in [6.07, 6.45) is 6.02. The van der Waals surface area contributed by atoms with Crippen LogP contribution in [0.4, 0.5) is 0 Å². The van der Waals surface area contributed by atoms with Crippen molar-refractivity contribution in [3.05, 3.63) is 66.0 Å². The number of piperidine rings is 1. The van der Waals surface area contributed by atoms with Crippen LogP contribution < -0.4 is 0 Å². The van der Waals surface area contributed by atoms with Crippen molar-refractivity contribution >= 4 is 5.78 Å². The number of rotatable bonds is 5. The van der Waals surface area contributed by atoms with Crippen molar-refractivity contribution in [3.8, 4) is 0 Å². The van der Waals surface area contributed by atoms with Crippen molar-refractivity contribution in [2.24, 2.45) is 5.92 Å². The summed E-state index contributed by atoms with van der Waals surface area (Å²) in [4.78, 5) is 18.9. The highest BCUT2D eigenvalue weighted by molar-refractivity contribution is 5.83. The Labute approximate surface area is 132 Å². The number of nitrogens with zero attached hydrogens (tertiary/aromatic N) is 2. The van der Waals surface area contributed by atoms with Crippen LogP contribution in [0.15, 0.2) is 54.9 Å². The molecule has 0 amide bonds. The number of ketones is 1. The molecule has 3 rings (SSSR count). The fourth-order valence-electron chi connectivity index (χ4n) is 3.10. The topological polar surface area (TPSA) is 33.2 Å². The van der Waals surface area contributed by atoms with Crippen LogP contribution in [0.25, 0.3) is 0 Å². The van der Waals surface area contributed by atoms with Gasteiger partial charge in [0.1, 0.15) is 5.78 Å². The van der Waals surface area contributed by atoms with Crippen molar-refractivity contribution < 1.29 is 4.79 Å². The van der Waals surface area contributed by atoms with Gasteiger partial charge in [0.25, 0.3) is 0 Å². The maximum atomic E-state index is 12.4. The average molecular weight is 294 g/mol. The van der Waals surface area contributed by atoms with Crippen molar-refractivity contribution in [2.75, 3.05) is 13.1 Å². The van der Waals surface area contributed by atoms with Crippen LogP contribution in [0.2, 0.25) is 0 Å². The smallest absolute Gasteiger partial charge is 0.140 e. The SMILES string of the molecule is O=C(Cc1cccnc1)C1CCN(Cc2ccccc2)CC1. The predicted molar refractivity (Wildman–Crippen MR) is 87.4 cm³/mol. The molecule has 1 saturated heterocycles. The second-order valence-electron chi connectivity index (χ2n) is 6.04. The minimum Gasteiger partial charge on any atom is -0.299 e. The lowest BCUT2D eigenvalue weighted by Crippen LogP contribution is -2.36. The third-order valence-electron chi connectivity index (χ3n) is 4.39. The Morgan fingerprint density at radius 1 is 1.05 bits per heavy atom. The van der Waals surface area contributed by atoms with Gasteiger partial charge in [-0.05, 0) is 43.1 Å². The molecule has 22 heavy (non-hydrogen) atoms. The van der Waals surface area contributed by atoms with Gasteiger partial charge in [0.05, 0.1) is 0 Å². The molecule has 1 aliphatic rings. The quantitative estimate of drug-likeness (QED) is 0.849. The van der Waals surface area contributed by atoms with Gasteiger partial charge in [0.2, 0.25) is 0 Å². The van der Waals surface area contributed by atoms with Gasteiger partial charge in [-0.3, -0.25) is 14.7 Å². The lowest BCUT2D eigenvalue weighted by molar-refractivity contribution is -0.123. The number of carbonyl (C=O) groups excluding carboxylic acids is 1. The first kappa shape index (κ1) is 14.9. The first-order valence-electron chi connectivity index (χ1n) is 7.99. The zero-order chi connectivity index (χ0) is 15.2. The van der Waals surface area contributed by atoms with E-state index in [2.05, 4.69) is 34.1 Å². The van der Waals surface area contributed by atoms with Gasteiger partial charge < -0.3 is 0 Å². The first-order chi connectivity index (χ1) is 10.8. The molecule has 0 atom stereocenters. The second kappa shape index (κ2) is 7.32. The molecule has 0 saturated carbocycles. The number of hydrogen-bond donors (Lipinski definition) is 0. The normalized spacial score (nSPS) is 16.5. The minimum absolute atomic E-state index is 0.215. The Morgan fingerprint density at radius 3 is 2.45 bits per heavy atom. The van der Waals surface area contributed by atoms with Gasteiger partial charge in [-0.1, -0.05) is 36.4 Å². The number of likely N-dealkylation sites (tertiary alicyclic amines) is 1. The molecule has 0 spiro atoms. The average Bonchev–Trinajstić information content (AvgIpc) is 2.57. The Kier molecular flexibility index (Phi) is 4.96. The van der Waals surface area contributed by atoms with Crippen LogP contribution in [-0.2, 0) is 17.8 Å². The number of benzene rings is 1. The molecule has 3 heteroatoms. The van der Waals surface area contributed by atoms with Crippen molar-refractivity contribution in [2.45, 2.75) is 25.8 Å². The molecule has 0 N–H and O–H groups in total. The summed E-state index contributed by atoms with van der Waals surface area (Å²) in [5.41, 5.74) is 2.38. The van der Waals surface area contributed by atoms with E-state index in [4.69, 9.17) is 0 Å². The molecule has 0 radical (unpaired) electrons. The number of hydrogen-bond acceptors (Lipinski definition) is 3. The molecule has 2 aromatic rings. The lowest BCUT2D eigenvalue weighted by atomic mass is 9.89. The molecule has 114 valence electrons. The van der Waals surface area contributed by atoms with E-state index in [1.54, 1.807) is 12.4 Å². The third-order valence-corrected chi connectivity index (χ3v) is 4.39. The monoisotopic (exact) mass is 294 g/mol. The summed E-state index contributed by atoms with van der Waals surface area (Å²) in [6.45, 7) is 3.01. The molecule has 0 unspecified atom stereocenters. The van der Waals surface area contributed by atoms with Crippen LogP contribution in [0.1, 0.15) is 24.0 Å². The molecule has 0 aliphatic carbocycles. The largest absolute Gasteiger partial charge is 0.299 e. The molecule has 0 bridgehead atoms. The van der Waals surface area contributed by atoms with E-state index in [1.165, 1.54) is 5.56 Å². The number of Topliss-reactive ketones (excluding diaryl/α,β-unsaturated/α-hetero) is 1. The Morgan fingerprint density at radius 2 is 1.77 bits per heavy atom. The summed E-state index contributed by atoms with van der Waals surface area (Å²) in [5, 5.41) is 0. The van der Waals surface area contributed by atoms with Crippen LogP contribution in [-0.4, -0.2) is 28.8 Å². The molecule has 1 aromatic heterocycles. The predicted octanol–water partition coefficient (Wildman–Crippen LogP) is 3.11. The summed E-state index contributed by atoms with van der Waals surface area (Å²) in [6, 6.07) is 14.4. The van der Waals surface area contributed by atoms with Crippen LogP contribution in [0.5, 0.6) is 0 Å². The van der Waals surface area contributed by atoms with E-state index in [9.17, 15) is 4.79 Å². The minimum atomic E-state index is 0.215. The van der Waals surface area contributed by atoms with Crippen molar-refractivity contribution in [3.63, 3.8) is 0 Å². The van der Waals surface area contributed by atoms with E-state index >= 15 is 0 Å². The molecule has 2 heterocycles. The van der Waals surface area contributed by atoms with Gasteiger partial charge in [-0.15, -0.1) is 0 Å². The fraction of sp³-hybridized carbons (Fsp3) is 0.368. The summed E-state index contributed by atoms with van der Waals surface area (Å²) < 4.78 is 0. The maximum absolute atomic E-state index is 12.4. The van der Waals surface area contributed by atoms with Crippen LogP contribution in [0.3, 0.4) is 0 Å². The van der Waals surface area contributed by atoms with Crippen molar-refractivity contribution in [1.29, 1.82) is 0 Å². The highest BCUT2D eigenvalue weighted by Crippen LogP contribution is 2.21. The van der Waals surface area contributed by atoms with Crippen molar-refractivity contribution in [1.82, 2.24) is 9.88 Å². The van der Waals surface area contributed by atoms with Gasteiger partial charge in [-0.2, -0.15) is 0 Å². The fourth-order valence-corrected chi connectivity index (χ4v) is 3.10. The van der Waals surface area contributed by atoms with Gasteiger partial charge in [0.15, 0.2) is 0 Å². The third kappa shape index (κ3) is 4.01. The molecule has 1 fully saturated rings. The lowest BCUT2D eigenvalue weighted by Gasteiger charge is -2.31. The van der Waals surface area contributed by atoms with Crippen LogP contribution >= 0.6 is 0 Å². The Balaban J connectivity index is 1.48. The number of pyridine rings is 1. The molecule has 1 aliphatic heterocycles. The highest BCUT2D eigenvalue weighted by atomic mass is 16.1. The zero-order valence-corrected chi connectivity index (χ0v) is 12.8. The highest BCUT2D eigenvalue weighted by Gasteiger charge is 2.24. The van der Waals surface area contributed by atoms with E-state index in [0.717, 1.165) is 38.0 Å². The van der Waals surface area contributed by atoms with E-state index in [0.29, 0.717) is 12.2 Å². The van der Waals surface area contributed by atoms with Crippen LogP contribution in [0, 0.1) is 5.92 Å². The van der Waals surface area contributed by atoms with E-state index < -0.39 is 0 Å². The summed E-state index contributed by atoms with van der Waals surface area (Å²) in [7, 11) is 0. The standard InChI is InChI=1S/C19H22N2O/c22-19(13-17-7-4-10-20-14-17)18-8-11-21(12-9-18)15-16-5-2-1-3-6-16/h1-7,10,14,18H,8-9,11-13,15H2. The van der Waals surface area contributed by atoms with Gasteiger partial charge >= 0.3 is 0 Å². The second-order valence-corrected chi connectivity index (χ2v) is 6.04. The van der Waals surface area contributed by atoms with Gasteiger partial charge in [-0.25, -0.2) is 0 Å². The molecule has 3 nitrogen and oxygen atoms in total. The maximum Gasteiger partial charge on any atom is 0.140 e. The zero-order valence-electron chi connectivity index (χ0n) is 12.8. The molecule has 1 aromatic carbocycles. The summed E-state index contributed by atoms with van der Waals surface area (Å²) in [5.74, 6) is 0.583.